The van der Waals surface area contributed by atoms with Crippen LogP contribution in [0.2, 0.25) is 0 Å². The number of halogens is 2. The average Bonchev–Trinajstić information content (AvgIpc) is 2.79. The molecule has 0 atom stereocenters. The molecule has 1 heterocycles. The SMILES string of the molecule is Nc1c(-c2cccc(F)c2F)nc(C2CCCCC2)n1N. The Morgan fingerprint density at radius 3 is 2.57 bits per heavy atom. The number of hydrogen-bond acceptors (Lipinski definition) is 3. The molecule has 6 heteroatoms. The lowest BCUT2D eigenvalue weighted by Gasteiger charge is -2.20. The molecule has 0 aliphatic heterocycles. The molecule has 112 valence electrons. The van der Waals surface area contributed by atoms with Crippen molar-refractivity contribution in [1.82, 2.24) is 9.66 Å². The number of imidazole rings is 1. The third kappa shape index (κ3) is 2.34. The zero-order valence-electron chi connectivity index (χ0n) is 11.6. The molecule has 4 N–H and O–H groups in total. The van der Waals surface area contributed by atoms with Crippen molar-refractivity contribution in [3.8, 4) is 11.3 Å². The highest BCUT2D eigenvalue weighted by Crippen LogP contribution is 2.36. The third-order valence-corrected chi connectivity index (χ3v) is 4.15. The predicted octanol–water partition coefficient (Wildman–Crippen LogP) is 3.17. The molecule has 0 bridgehead atoms. The number of rotatable bonds is 2. The van der Waals surface area contributed by atoms with Crippen LogP contribution >= 0.6 is 0 Å². The second kappa shape index (κ2) is 5.35. The molecular formula is C15H18F2N4. The Hall–Kier alpha value is -2.11. The van der Waals surface area contributed by atoms with E-state index in [9.17, 15) is 8.78 Å². The minimum absolute atomic E-state index is 0.0498. The van der Waals surface area contributed by atoms with Crippen molar-refractivity contribution in [1.29, 1.82) is 0 Å². The minimum Gasteiger partial charge on any atom is -0.382 e. The predicted molar refractivity (Wildman–Crippen MR) is 78.0 cm³/mol. The van der Waals surface area contributed by atoms with Gasteiger partial charge in [-0.2, -0.15) is 0 Å². The van der Waals surface area contributed by atoms with Gasteiger partial charge in [0.25, 0.3) is 0 Å². The highest BCUT2D eigenvalue weighted by molar-refractivity contribution is 5.71. The standard InChI is InChI=1S/C15H18F2N4/c16-11-8-4-7-10(12(11)17)13-14(18)21(19)15(20-13)9-5-2-1-3-6-9/h4,7-9H,1-3,5-6,18-19H2. The summed E-state index contributed by atoms with van der Waals surface area (Å²) < 4.78 is 28.6. The number of benzene rings is 1. The Bertz CT molecular complexity index is 660. The van der Waals surface area contributed by atoms with E-state index in [-0.39, 0.29) is 23.0 Å². The van der Waals surface area contributed by atoms with Crippen LogP contribution in [-0.4, -0.2) is 9.66 Å². The van der Waals surface area contributed by atoms with Gasteiger partial charge in [0.1, 0.15) is 11.5 Å². The number of aromatic nitrogens is 2. The highest BCUT2D eigenvalue weighted by atomic mass is 19.2. The van der Waals surface area contributed by atoms with Crippen molar-refractivity contribution in [2.24, 2.45) is 0 Å². The zero-order valence-corrected chi connectivity index (χ0v) is 11.6. The van der Waals surface area contributed by atoms with Gasteiger partial charge in [-0.1, -0.05) is 25.3 Å². The first-order valence-corrected chi connectivity index (χ1v) is 7.17. The summed E-state index contributed by atoms with van der Waals surface area (Å²) in [6.07, 6.45) is 5.46. The van der Waals surface area contributed by atoms with E-state index in [1.165, 1.54) is 23.2 Å². The summed E-state index contributed by atoms with van der Waals surface area (Å²) in [5, 5.41) is 0. The Morgan fingerprint density at radius 2 is 1.86 bits per heavy atom. The van der Waals surface area contributed by atoms with Crippen LogP contribution in [0.5, 0.6) is 0 Å². The minimum atomic E-state index is -0.947. The third-order valence-electron chi connectivity index (χ3n) is 4.15. The molecule has 0 radical (unpaired) electrons. The van der Waals surface area contributed by atoms with Crippen molar-refractivity contribution in [3.63, 3.8) is 0 Å². The number of nitrogen functional groups attached to an aromatic ring is 2. The van der Waals surface area contributed by atoms with Gasteiger partial charge >= 0.3 is 0 Å². The first-order chi connectivity index (χ1) is 10.1. The number of anilines is 1. The van der Waals surface area contributed by atoms with Crippen molar-refractivity contribution < 1.29 is 8.78 Å². The number of nitrogens with two attached hydrogens (primary N) is 2. The fourth-order valence-electron chi connectivity index (χ4n) is 3.00. The maximum absolute atomic E-state index is 13.9. The van der Waals surface area contributed by atoms with E-state index in [1.807, 2.05) is 0 Å². The van der Waals surface area contributed by atoms with Crippen molar-refractivity contribution in [3.05, 3.63) is 35.7 Å². The normalized spacial score (nSPS) is 16.3. The van der Waals surface area contributed by atoms with Crippen LogP contribution in [0.1, 0.15) is 43.8 Å². The van der Waals surface area contributed by atoms with Gasteiger partial charge in [0.15, 0.2) is 17.5 Å². The zero-order chi connectivity index (χ0) is 15.0. The van der Waals surface area contributed by atoms with Gasteiger partial charge in [-0.05, 0) is 25.0 Å². The molecular weight excluding hydrogens is 274 g/mol. The van der Waals surface area contributed by atoms with Crippen LogP contribution in [0.15, 0.2) is 18.2 Å². The summed E-state index contributed by atoms with van der Waals surface area (Å²) in [6.45, 7) is 0. The molecule has 21 heavy (non-hydrogen) atoms. The van der Waals surface area contributed by atoms with Gasteiger partial charge in [-0.3, -0.25) is 0 Å². The summed E-state index contributed by atoms with van der Waals surface area (Å²) in [5.41, 5.74) is 6.21. The van der Waals surface area contributed by atoms with Crippen LogP contribution in [0.3, 0.4) is 0 Å². The Morgan fingerprint density at radius 1 is 1.14 bits per heavy atom. The van der Waals surface area contributed by atoms with Crippen LogP contribution in [0.25, 0.3) is 11.3 Å². The van der Waals surface area contributed by atoms with E-state index in [1.54, 1.807) is 0 Å². The summed E-state index contributed by atoms with van der Waals surface area (Å²) in [5.74, 6) is 5.16. The Kier molecular flexibility index (Phi) is 3.53. The molecule has 0 unspecified atom stereocenters. The monoisotopic (exact) mass is 292 g/mol. The summed E-state index contributed by atoms with van der Waals surface area (Å²) >= 11 is 0. The molecule has 1 saturated carbocycles. The molecule has 1 aromatic heterocycles. The van der Waals surface area contributed by atoms with E-state index in [0.717, 1.165) is 31.7 Å². The van der Waals surface area contributed by atoms with Gasteiger partial charge in [-0.25, -0.2) is 18.4 Å². The summed E-state index contributed by atoms with van der Waals surface area (Å²) in [7, 11) is 0. The van der Waals surface area contributed by atoms with Gasteiger partial charge in [0, 0.05) is 11.5 Å². The van der Waals surface area contributed by atoms with E-state index >= 15 is 0 Å². The molecule has 0 amide bonds. The highest BCUT2D eigenvalue weighted by Gasteiger charge is 2.25. The molecule has 1 fully saturated rings. The van der Waals surface area contributed by atoms with Gasteiger partial charge in [0.05, 0.1) is 0 Å². The molecule has 1 aromatic carbocycles. The fourth-order valence-corrected chi connectivity index (χ4v) is 3.00. The Balaban J connectivity index is 2.06. The topological polar surface area (TPSA) is 69.9 Å². The van der Waals surface area contributed by atoms with E-state index in [0.29, 0.717) is 5.82 Å². The largest absolute Gasteiger partial charge is 0.382 e. The van der Waals surface area contributed by atoms with Crippen molar-refractivity contribution >= 4 is 5.82 Å². The molecule has 2 aromatic rings. The van der Waals surface area contributed by atoms with E-state index < -0.39 is 11.6 Å². The second-order valence-corrected chi connectivity index (χ2v) is 5.51. The first kappa shape index (κ1) is 13.9. The molecule has 3 rings (SSSR count). The van der Waals surface area contributed by atoms with Crippen LogP contribution < -0.4 is 11.6 Å². The lowest BCUT2D eigenvalue weighted by Crippen LogP contribution is -2.19. The van der Waals surface area contributed by atoms with Gasteiger partial charge < -0.3 is 11.6 Å². The maximum Gasteiger partial charge on any atom is 0.168 e. The van der Waals surface area contributed by atoms with Gasteiger partial charge in [0.2, 0.25) is 0 Å². The number of hydrogen-bond donors (Lipinski definition) is 2. The number of nitrogens with zero attached hydrogens (tertiary/aromatic N) is 2. The van der Waals surface area contributed by atoms with Crippen molar-refractivity contribution in [2.75, 3.05) is 11.6 Å². The second-order valence-electron chi connectivity index (χ2n) is 5.51. The summed E-state index contributed by atoms with van der Waals surface area (Å²) in [6, 6.07) is 3.96. The molecule has 0 spiro atoms. The maximum atomic E-state index is 13.9. The first-order valence-electron chi connectivity index (χ1n) is 7.17. The van der Waals surface area contributed by atoms with Crippen LogP contribution in [-0.2, 0) is 0 Å². The molecule has 1 aliphatic rings. The molecule has 4 nitrogen and oxygen atoms in total. The smallest absolute Gasteiger partial charge is 0.168 e. The van der Waals surface area contributed by atoms with Crippen molar-refractivity contribution in [2.45, 2.75) is 38.0 Å². The lowest BCUT2D eigenvalue weighted by atomic mass is 9.89. The quantitative estimate of drug-likeness (QED) is 0.835. The van der Waals surface area contributed by atoms with E-state index in [2.05, 4.69) is 4.98 Å². The Labute approximate surface area is 121 Å². The molecule has 0 saturated heterocycles. The van der Waals surface area contributed by atoms with Crippen LogP contribution in [0, 0.1) is 11.6 Å². The average molecular weight is 292 g/mol. The lowest BCUT2D eigenvalue weighted by molar-refractivity contribution is 0.424. The van der Waals surface area contributed by atoms with Gasteiger partial charge in [-0.15, -0.1) is 0 Å². The van der Waals surface area contributed by atoms with E-state index in [4.69, 9.17) is 11.6 Å². The summed E-state index contributed by atoms with van der Waals surface area (Å²) in [4.78, 5) is 4.41. The fraction of sp³-hybridized carbons (Fsp3) is 0.400. The van der Waals surface area contributed by atoms with Crippen LogP contribution in [0.4, 0.5) is 14.6 Å². The molecule has 1 aliphatic carbocycles.